The lowest BCUT2D eigenvalue weighted by atomic mass is 9.98. The van der Waals surface area contributed by atoms with Gasteiger partial charge in [-0.25, -0.2) is 4.79 Å². The average molecular weight is 447 g/mol. The molecule has 1 aliphatic rings. The van der Waals surface area contributed by atoms with Gasteiger partial charge in [0.25, 0.3) is 0 Å². The molecule has 1 N–H and O–H groups in total. The molecule has 1 aromatic carbocycles. The number of nitrogens with one attached hydrogen (secondary N) is 1. The van der Waals surface area contributed by atoms with Crippen LogP contribution in [-0.4, -0.2) is 29.3 Å². The Balaban J connectivity index is 1.75. The van der Waals surface area contributed by atoms with Crippen molar-refractivity contribution >= 4 is 17.7 Å². The fraction of sp³-hybridized carbons (Fsp3) is 0.500. The summed E-state index contributed by atoms with van der Waals surface area (Å²) in [6.07, 6.45) is 2.13. The zero-order valence-corrected chi connectivity index (χ0v) is 19.8. The average Bonchev–Trinajstić information content (AvgIpc) is 2.64. The van der Waals surface area contributed by atoms with Crippen LogP contribution in [0.5, 0.6) is 11.5 Å². The van der Waals surface area contributed by atoms with Gasteiger partial charge in [0.15, 0.2) is 0 Å². The fourth-order valence-electron chi connectivity index (χ4n) is 3.49. The number of alkyl carbamates (subject to hydrolysis) is 1. The second-order valence-electron chi connectivity index (χ2n) is 9.33. The standard InChI is InChI=1S/C24H31ClN2O4/c1-14(2)7-17(27-23(28)31-24(4,5)6)13-30-22-10-21-19(9-20(22)25)18-8-15(3)26-11-16(18)12-29-21/h8-11,14,17H,7,12-13H2,1-6H3,(H,27,28)/t17-/m0/s1. The molecule has 0 fully saturated rings. The number of hydrogen-bond acceptors (Lipinski definition) is 5. The lowest BCUT2D eigenvalue weighted by Gasteiger charge is -2.25. The minimum absolute atomic E-state index is 0.211. The second kappa shape index (κ2) is 9.35. The number of aryl methyl sites for hydroxylation is 1. The van der Waals surface area contributed by atoms with Gasteiger partial charge in [0.05, 0.1) is 11.1 Å². The third kappa shape index (κ3) is 6.26. The van der Waals surface area contributed by atoms with Gasteiger partial charge < -0.3 is 19.5 Å². The molecule has 1 aliphatic heterocycles. The number of fused-ring (bicyclic) bond motifs is 3. The van der Waals surface area contributed by atoms with E-state index in [1.165, 1.54) is 0 Å². The molecule has 0 saturated carbocycles. The molecule has 1 amide bonds. The van der Waals surface area contributed by atoms with E-state index in [-0.39, 0.29) is 12.6 Å². The van der Waals surface area contributed by atoms with E-state index < -0.39 is 11.7 Å². The quantitative estimate of drug-likeness (QED) is 0.596. The third-order valence-electron chi connectivity index (χ3n) is 4.75. The Morgan fingerprint density at radius 2 is 2.00 bits per heavy atom. The lowest BCUT2D eigenvalue weighted by molar-refractivity contribution is 0.0480. The SMILES string of the molecule is Cc1cc2c(cn1)COc1cc(OC[C@H](CC(C)C)NC(=O)OC(C)(C)C)c(Cl)cc1-2. The number of hydrogen-bond donors (Lipinski definition) is 1. The van der Waals surface area contributed by atoms with E-state index in [2.05, 4.69) is 24.1 Å². The Morgan fingerprint density at radius 3 is 2.68 bits per heavy atom. The largest absolute Gasteiger partial charge is 0.490 e. The van der Waals surface area contributed by atoms with Crippen molar-refractivity contribution in [1.82, 2.24) is 10.3 Å². The Morgan fingerprint density at radius 1 is 1.26 bits per heavy atom. The number of halogens is 1. The fourth-order valence-corrected chi connectivity index (χ4v) is 3.71. The summed E-state index contributed by atoms with van der Waals surface area (Å²) in [7, 11) is 0. The predicted molar refractivity (Wildman–Crippen MR) is 122 cm³/mol. The van der Waals surface area contributed by atoms with Gasteiger partial charge in [-0.15, -0.1) is 0 Å². The molecule has 0 aliphatic carbocycles. The van der Waals surface area contributed by atoms with Gasteiger partial charge in [-0.1, -0.05) is 25.4 Å². The molecular formula is C24H31ClN2O4. The summed E-state index contributed by atoms with van der Waals surface area (Å²) in [5.74, 6) is 1.62. The van der Waals surface area contributed by atoms with Crippen LogP contribution in [0, 0.1) is 12.8 Å². The molecule has 0 saturated heterocycles. The molecule has 31 heavy (non-hydrogen) atoms. The maximum atomic E-state index is 12.2. The van der Waals surface area contributed by atoms with Crippen LogP contribution in [-0.2, 0) is 11.3 Å². The highest BCUT2D eigenvalue weighted by atomic mass is 35.5. The molecule has 0 bridgehead atoms. The van der Waals surface area contributed by atoms with Crippen LogP contribution in [0.2, 0.25) is 5.02 Å². The number of carbonyl (C=O) groups is 1. The van der Waals surface area contributed by atoms with E-state index in [0.29, 0.717) is 23.3 Å². The van der Waals surface area contributed by atoms with Crippen molar-refractivity contribution in [3.63, 3.8) is 0 Å². The highest BCUT2D eigenvalue weighted by Crippen LogP contribution is 2.43. The van der Waals surface area contributed by atoms with Gasteiger partial charge in [-0.05, 0) is 57.7 Å². The van der Waals surface area contributed by atoms with Crippen LogP contribution >= 0.6 is 11.6 Å². The third-order valence-corrected chi connectivity index (χ3v) is 5.04. The van der Waals surface area contributed by atoms with Crippen molar-refractivity contribution in [3.05, 3.63) is 40.7 Å². The first-order chi connectivity index (χ1) is 14.5. The topological polar surface area (TPSA) is 69.7 Å². The van der Waals surface area contributed by atoms with E-state index in [0.717, 1.165) is 34.6 Å². The minimum Gasteiger partial charge on any atom is -0.490 e. The summed E-state index contributed by atoms with van der Waals surface area (Å²) in [6, 6.07) is 5.51. The highest BCUT2D eigenvalue weighted by Gasteiger charge is 2.23. The van der Waals surface area contributed by atoms with Gasteiger partial charge >= 0.3 is 6.09 Å². The first kappa shape index (κ1) is 23.2. The zero-order chi connectivity index (χ0) is 22.8. The van der Waals surface area contributed by atoms with Crippen LogP contribution in [0.25, 0.3) is 11.1 Å². The number of carbonyl (C=O) groups excluding carboxylic acids is 1. The van der Waals surface area contributed by atoms with Crippen molar-refractivity contribution < 1.29 is 19.0 Å². The van der Waals surface area contributed by atoms with Crippen molar-refractivity contribution in [1.29, 1.82) is 0 Å². The van der Waals surface area contributed by atoms with Crippen LogP contribution in [0.15, 0.2) is 24.4 Å². The molecule has 6 nitrogen and oxygen atoms in total. The van der Waals surface area contributed by atoms with Crippen molar-refractivity contribution in [3.8, 4) is 22.6 Å². The number of rotatable bonds is 6. The van der Waals surface area contributed by atoms with Gasteiger partial charge in [0.2, 0.25) is 0 Å². The van der Waals surface area contributed by atoms with Crippen molar-refractivity contribution in [2.75, 3.05) is 6.61 Å². The number of ether oxygens (including phenoxy) is 3. The number of amides is 1. The number of aromatic nitrogens is 1. The lowest BCUT2D eigenvalue weighted by Crippen LogP contribution is -2.42. The number of pyridine rings is 1. The van der Waals surface area contributed by atoms with Gasteiger partial charge in [-0.3, -0.25) is 4.98 Å². The van der Waals surface area contributed by atoms with Gasteiger partial charge in [-0.2, -0.15) is 0 Å². The monoisotopic (exact) mass is 446 g/mol. The van der Waals surface area contributed by atoms with Gasteiger partial charge in [0.1, 0.15) is 30.3 Å². The van der Waals surface area contributed by atoms with Crippen LogP contribution in [0.3, 0.4) is 0 Å². The van der Waals surface area contributed by atoms with E-state index in [1.54, 1.807) is 0 Å². The Bertz CT molecular complexity index is 953. The summed E-state index contributed by atoms with van der Waals surface area (Å²) >= 11 is 6.54. The van der Waals surface area contributed by atoms with E-state index in [4.69, 9.17) is 25.8 Å². The normalized spacial score (nSPS) is 13.7. The molecule has 0 radical (unpaired) electrons. The minimum atomic E-state index is -0.559. The van der Waals surface area contributed by atoms with Crippen LogP contribution in [0.1, 0.15) is 52.3 Å². The van der Waals surface area contributed by atoms with Crippen LogP contribution < -0.4 is 14.8 Å². The zero-order valence-electron chi connectivity index (χ0n) is 19.0. The molecule has 2 heterocycles. The summed E-state index contributed by atoms with van der Waals surface area (Å²) < 4.78 is 17.3. The molecule has 7 heteroatoms. The smallest absolute Gasteiger partial charge is 0.407 e. The maximum Gasteiger partial charge on any atom is 0.407 e. The summed E-state index contributed by atoms with van der Waals surface area (Å²) in [5.41, 5.74) is 3.41. The predicted octanol–water partition coefficient (Wildman–Crippen LogP) is 5.92. The number of benzene rings is 1. The molecule has 2 aromatic rings. The molecule has 1 atom stereocenters. The van der Waals surface area contributed by atoms with E-state index in [1.807, 2.05) is 52.1 Å². The van der Waals surface area contributed by atoms with Crippen LogP contribution in [0.4, 0.5) is 4.79 Å². The summed E-state index contributed by atoms with van der Waals surface area (Å²) in [5, 5.41) is 3.40. The highest BCUT2D eigenvalue weighted by molar-refractivity contribution is 6.32. The molecule has 0 unspecified atom stereocenters. The molecule has 0 spiro atoms. The Hall–Kier alpha value is -2.47. The van der Waals surface area contributed by atoms with E-state index >= 15 is 0 Å². The maximum absolute atomic E-state index is 12.2. The summed E-state index contributed by atoms with van der Waals surface area (Å²) in [6.45, 7) is 12.4. The molecule has 3 rings (SSSR count). The van der Waals surface area contributed by atoms with Crippen molar-refractivity contribution in [2.24, 2.45) is 5.92 Å². The Kier molecular flexibility index (Phi) is 6.99. The van der Waals surface area contributed by atoms with E-state index in [9.17, 15) is 4.79 Å². The molecule has 168 valence electrons. The Labute approximate surface area is 189 Å². The first-order valence-electron chi connectivity index (χ1n) is 10.6. The summed E-state index contributed by atoms with van der Waals surface area (Å²) in [4.78, 5) is 16.6. The second-order valence-corrected chi connectivity index (χ2v) is 9.74. The number of nitrogens with zero attached hydrogens (tertiary/aromatic N) is 1. The van der Waals surface area contributed by atoms with Crippen molar-refractivity contribution in [2.45, 2.75) is 66.2 Å². The van der Waals surface area contributed by atoms with Gasteiger partial charge in [0, 0.05) is 29.1 Å². The molecular weight excluding hydrogens is 416 g/mol. The first-order valence-corrected chi connectivity index (χ1v) is 10.9. The molecule has 1 aromatic heterocycles.